The minimum absolute atomic E-state index is 0.119. The topological polar surface area (TPSA) is 55.1 Å². The van der Waals surface area contributed by atoms with E-state index in [4.69, 9.17) is 5.73 Å². The Hall–Kier alpha value is -0.570. The minimum Gasteiger partial charge on any atom is -0.359 e. The standard InChI is InChI=1S/C9H20N2O/c1-7(9(12)11-3)5-4-6-8(2)10/h7-8H,4-6,10H2,1-3H3,(H,11,12). The molecule has 0 aromatic heterocycles. The summed E-state index contributed by atoms with van der Waals surface area (Å²) in [5.41, 5.74) is 5.59. The third-order valence-corrected chi connectivity index (χ3v) is 1.99. The molecule has 72 valence electrons. The Labute approximate surface area is 74.7 Å². The van der Waals surface area contributed by atoms with E-state index in [1.807, 2.05) is 13.8 Å². The zero-order valence-corrected chi connectivity index (χ0v) is 8.26. The van der Waals surface area contributed by atoms with Crippen molar-refractivity contribution in [3.8, 4) is 0 Å². The molecule has 0 aliphatic rings. The molecule has 0 spiro atoms. The highest BCUT2D eigenvalue weighted by Gasteiger charge is 2.09. The highest BCUT2D eigenvalue weighted by Crippen LogP contribution is 2.08. The first-order valence-electron chi connectivity index (χ1n) is 4.55. The lowest BCUT2D eigenvalue weighted by molar-refractivity contribution is -0.124. The van der Waals surface area contributed by atoms with Gasteiger partial charge in [-0.1, -0.05) is 13.3 Å². The van der Waals surface area contributed by atoms with Crippen LogP contribution in [0, 0.1) is 5.92 Å². The molecule has 0 bridgehead atoms. The van der Waals surface area contributed by atoms with E-state index in [9.17, 15) is 4.79 Å². The number of amides is 1. The Morgan fingerprint density at radius 3 is 2.42 bits per heavy atom. The largest absolute Gasteiger partial charge is 0.359 e. The normalized spacial score (nSPS) is 15.3. The van der Waals surface area contributed by atoms with Gasteiger partial charge in [0.1, 0.15) is 0 Å². The first kappa shape index (κ1) is 11.4. The number of nitrogens with two attached hydrogens (primary N) is 1. The van der Waals surface area contributed by atoms with Crippen LogP contribution in [0.5, 0.6) is 0 Å². The van der Waals surface area contributed by atoms with Crippen molar-refractivity contribution in [1.29, 1.82) is 0 Å². The third-order valence-electron chi connectivity index (χ3n) is 1.99. The third kappa shape index (κ3) is 5.13. The fraction of sp³-hybridized carbons (Fsp3) is 0.889. The maximum Gasteiger partial charge on any atom is 0.222 e. The van der Waals surface area contributed by atoms with Gasteiger partial charge < -0.3 is 11.1 Å². The van der Waals surface area contributed by atoms with E-state index >= 15 is 0 Å². The molecule has 1 amide bonds. The van der Waals surface area contributed by atoms with E-state index in [-0.39, 0.29) is 17.9 Å². The number of hydrogen-bond donors (Lipinski definition) is 2. The number of hydrogen-bond acceptors (Lipinski definition) is 2. The maximum absolute atomic E-state index is 11.0. The van der Waals surface area contributed by atoms with Gasteiger partial charge >= 0.3 is 0 Å². The van der Waals surface area contributed by atoms with E-state index in [1.165, 1.54) is 0 Å². The van der Waals surface area contributed by atoms with Crippen LogP contribution in [0.25, 0.3) is 0 Å². The van der Waals surface area contributed by atoms with Crippen LogP contribution >= 0.6 is 0 Å². The predicted molar refractivity (Wildman–Crippen MR) is 50.7 cm³/mol. The number of carbonyl (C=O) groups excluding carboxylic acids is 1. The molecule has 2 unspecified atom stereocenters. The summed E-state index contributed by atoms with van der Waals surface area (Å²) >= 11 is 0. The summed E-state index contributed by atoms with van der Waals surface area (Å²) in [4.78, 5) is 11.0. The van der Waals surface area contributed by atoms with Crippen LogP contribution in [-0.4, -0.2) is 19.0 Å². The van der Waals surface area contributed by atoms with Crippen LogP contribution in [0.1, 0.15) is 33.1 Å². The van der Waals surface area contributed by atoms with Crippen LogP contribution in [0.3, 0.4) is 0 Å². The summed E-state index contributed by atoms with van der Waals surface area (Å²) in [6.45, 7) is 3.94. The van der Waals surface area contributed by atoms with Crippen molar-refractivity contribution in [1.82, 2.24) is 5.32 Å². The molecule has 3 nitrogen and oxygen atoms in total. The Morgan fingerprint density at radius 2 is 2.00 bits per heavy atom. The van der Waals surface area contributed by atoms with Crippen molar-refractivity contribution >= 4 is 5.91 Å². The smallest absolute Gasteiger partial charge is 0.222 e. The lowest BCUT2D eigenvalue weighted by Crippen LogP contribution is -2.25. The summed E-state index contributed by atoms with van der Waals surface area (Å²) in [6, 6.07) is 0.252. The highest BCUT2D eigenvalue weighted by molar-refractivity contribution is 5.77. The van der Waals surface area contributed by atoms with Crippen molar-refractivity contribution in [3.05, 3.63) is 0 Å². The summed E-state index contributed by atoms with van der Waals surface area (Å²) in [5.74, 6) is 0.244. The predicted octanol–water partition coefficient (Wildman–Crippen LogP) is 0.886. The number of rotatable bonds is 5. The van der Waals surface area contributed by atoms with Crippen LogP contribution in [-0.2, 0) is 4.79 Å². The van der Waals surface area contributed by atoms with Crippen molar-refractivity contribution < 1.29 is 4.79 Å². The molecular weight excluding hydrogens is 152 g/mol. The second-order valence-electron chi connectivity index (χ2n) is 3.42. The van der Waals surface area contributed by atoms with Gasteiger partial charge in [0.25, 0.3) is 0 Å². The molecule has 0 saturated carbocycles. The van der Waals surface area contributed by atoms with Gasteiger partial charge in [0.2, 0.25) is 5.91 Å². The lowest BCUT2D eigenvalue weighted by atomic mass is 10.0. The Balaban J connectivity index is 3.43. The molecule has 0 heterocycles. The molecule has 0 aliphatic carbocycles. The second-order valence-corrected chi connectivity index (χ2v) is 3.42. The molecule has 0 fully saturated rings. The first-order chi connectivity index (χ1) is 5.57. The SMILES string of the molecule is CNC(=O)C(C)CCCC(C)N. The van der Waals surface area contributed by atoms with Gasteiger partial charge in [0.15, 0.2) is 0 Å². The molecule has 0 aromatic rings. The average molecular weight is 172 g/mol. The molecule has 2 atom stereocenters. The van der Waals surface area contributed by atoms with Gasteiger partial charge in [-0.25, -0.2) is 0 Å². The number of carbonyl (C=O) groups is 1. The number of nitrogens with one attached hydrogen (secondary N) is 1. The van der Waals surface area contributed by atoms with Gasteiger partial charge in [0.05, 0.1) is 0 Å². The van der Waals surface area contributed by atoms with Crippen LogP contribution in [0.4, 0.5) is 0 Å². The Kier molecular flexibility index (Phi) is 5.72. The molecule has 0 aliphatic heterocycles. The second kappa shape index (κ2) is 6.00. The molecule has 12 heavy (non-hydrogen) atoms. The van der Waals surface area contributed by atoms with Crippen molar-refractivity contribution in [3.63, 3.8) is 0 Å². The molecular formula is C9H20N2O. The van der Waals surface area contributed by atoms with Crippen molar-refractivity contribution in [2.45, 2.75) is 39.2 Å². The molecule has 3 N–H and O–H groups in total. The fourth-order valence-corrected chi connectivity index (χ4v) is 1.12. The molecule has 3 heteroatoms. The van der Waals surface area contributed by atoms with Gasteiger partial charge in [-0.2, -0.15) is 0 Å². The molecule has 0 rings (SSSR count). The molecule has 0 saturated heterocycles. The van der Waals surface area contributed by atoms with Crippen LogP contribution in [0.15, 0.2) is 0 Å². The molecule has 0 radical (unpaired) electrons. The van der Waals surface area contributed by atoms with Crippen molar-refractivity contribution in [2.24, 2.45) is 11.7 Å². The lowest BCUT2D eigenvalue weighted by Gasteiger charge is -2.10. The van der Waals surface area contributed by atoms with E-state index in [0.29, 0.717) is 0 Å². The molecule has 0 aromatic carbocycles. The highest BCUT2D eigenvalue weighted by atomic mass is 16.1. The van der Waals surface area contributed by atoms with Gasteiger partial charge in [0, 0.05) is 19.0 Å². The zero-order chi connectivity index (χ0) is 9.56. The average Bonchev–Trinajstić information content (AvgIpc) is 2.02. The monoisotopic (exact) mass is 172 g/mol. The van der Waals surface area contributed by atoms with E-state index in [2.05, 4.69) is 5.32 Å². The van der Waals surface area contributed by atoms with Gasteiger partial charge in [-0.15, -0.1) is 0 Å². The van der Waals surface area contributed by atoms with Gasteiger partial charge in [-0.3, -0.25) is 4.79 Å². The Morgan fingerprint density at radius 1 is 1.42 bits per heavy atom. The van der Waals surface area contributed by atoms with Crippen LogP contribution in [0.2, 0.25) is 0 Å². The first-order valence-corrected chi connectivity index (χ1v) is 4.55. The summed E-state index contributed by atoms with van der Waals surface area (Å²) in [6.07, 6.45) is 2.97. The summed E-state index contributed by atoms with van der Waals surface area (Å²) in [5, 5.41) is 2.63. The summed E-state index contributed by atoms with van der Waals surface area (Å²) < 4.78 is 0. The quantitative estimate of drug-likeness (QED) is 0.647. The minimum atomic E-state index is 0.119. The van der Waals surface area contributed by atoms with E-state index in [1.54, 1.807) is 7.05 Å². The van der Waals surface area contributed by atoms with E-state index < -0.39 is 0 Å². The Bertz CT molecular complexity index is 134. The van der Waals surface area contributed by atoms with Crippen molar-refractivity contribution in [2.75, 3.05) is 7.05 Å². The fourth-order valence-electron chi connectivity index (χ4n) is 1.12. The van der Waals surface area contributed by atoms with Crippen LogP contribution < -0.4 is 11.1 Å². The maximum atomic E-state index is 11.0. The van der Waals surface area contributed by atoms with E-state index in [0.717, 1.165) is 19.3 Å². The zero-order valence-electron chi connectivity index (χ0n) is 8.26. The van der Waals surface area contributed by atoms with Gasteiger partial charge in [-0.05, 0) is 19.8 Å². The summed E-state index contributed by atoms with van der Waals surface area (Å²) in [7, 11) is 1.67.